The fourth-order valence-electron chi connectivity index (χ4n) is 3.16. The minimum Gasteiger partial charge on any atom is -0.392 e. The van der Waals surface area contributed by atoms with Crippen LogP contribution in [0.4, 0.5) is 0 Å². The van der Waals surface area contributed by atoms with Gasteiger partial charge in [-0.3, -0.25) is 0 Å². The Morgan fingerprint density at radius 3 is 2.57 bits per heavy atom. The number of benzene rings is 2. The molecule has 0 bridgehead atoms. The first-order valence-electron chi connectivity index (χ1n) is 7.75. The van der Waals surface area contributed by atoms with Gasteiger partial charge in [-0.15, -0.1) is 0 Å². The topological polar surface area (TPSA) is 29.5 Å². The molecule has 2 nitrogen and oxygen atoms in total. The van der Waals surface area contributed by atoms with Gasteiger partial charge in [0, 0.05) is 0 Å². The lowest BCUT2D eigenvalue weighted by molar-refractivity contribution is 0.134. The molecular weight excluding hydrogens is 260 g/mol. The fraction of sp³-hybridized carbons (Fsp3) is 0.368. The summed E-state index contributed by atoms with van der Waals surface area (Å²) in [6.07, 6.45) is 3.36. The van der Waals surface area contributed by atoms with Crippen molar-refractivity contribution in [3.05, 3.63) is 58.7 Å². The van der Waals surface area contributed by atoms with Crippen molar-refractivity contribution in [2.75, 3.05) is 0 Å². The third kappa shape index (κ3) is 2.74. The van der Waals surface area contributed by atoms with Gasteiger partial charge in [-0.2, -0.15) is 0 Å². The number of aliphatic hydroxyl groups is 1. The molecular formula is C19H22O2. The SMILES string of the molecule is CCCCc1c(CO)cc(-c2ccccc2)c2c1COC2. The minimum absolute atomic E-state index is 0.103. The predicted molar refractivity (Wildman–Crippen MR) is 84.9 cm³/mol. The van der Waals surface area contributed by atoms with E-state index < -0.39 is 0 Å². The molecule has 0 unspecified atom stereocenters. The molecule has 0 spiro atoms. The third-order valence-electron chi connectivity index (χ3n) is 4.29. The Bertz CT molecular complexity index is 617. The monoisotopic (exact) mass is 282 g/mol. The quantitative estimate of drug-likeness (QED) is 0.889. The van der Waals surface area contributed by atoms with Crippen molar-refractivity contribution in [1.29, 1.82) is 0 Å². The van der Waals surface area contributed by atoms with E-state index in [-0.39, 0.29) is 6.61 Å². The van der Waals surface area contributed by atoms with Crippen molar-refractivity contribution in [3.8, 4) is 11.1 Å². The molecule has 2 aromatic carbocycles. The maximum absolute atomic E-state index is 9.78. The maximum Gasteiger partial charge on any atom is 0.0731 e. The highest BCUT2D eigenvalue weighted by atomic mass is 16.5. The molecule has 0 atom stereocenters. The number of unbranched alkanes of at least 4 members (excludes halogenated alkanes) is 1. The molecule has 0 amide bonds. The van der Waals surface area contributed by atoms with Crippen molar-refractivity contribution in [1.82, 2.24) is 0 Å². The van der Waals surface area contributed by atoms with E-state index in [4.69, 9.17) is 4.74 Å². The highest BCUT2D eigenvalue weighted by Crippen LogP contribution is 2.36. The van der Waals surface area contributed by atoms with Crippen LogP contribution in [-0.4, -0.2) is 5.11 Å². The largest absolute Gasteiger partial charge is 0.392 e. The van der Waals surface area contributed by atoms with E-state index in [1.165, 1.54) is 34.2 Å². The molecule has 0 saturated heterocycles. The minimum atomic E-state index is 0.103. The van der Waals surface area contributed by atoms with Crippen molar-refractivity contribution in [2.45, 2.75) is 46.0 Å². The highest BCUT2D eigenvalue weighted by molar-refractivity contribution is 5.71. The standard InChI is InChI=1S/C19H22O2/c1-2-3-9-16-15(11-20)10-17(14-7-5-4-6-8-14)19-13-21-12-18(16)19/h4-8,10,20H,2-3,9,11-13H2,1H3. The number of hydrogen-bond donors (Lipinski definition) is 1. The zero-order valence-corrected chi connectivity index (χ0v) is 12.6. The van der Waals surface area contributed by atoms with Crippen LogP contribution in [0.15, 0.2) is 36.4 Å². The molecule has 21 heavy (non-hydrogen) atoms. The molecule has 1 heterocycles. The summed E-state index contributed by atoms with van der Waals surface area (Å²) >= 11 is 0. The predicted octanol–water partition coefficient (Wildman–Crippen LogP) is 4.22. The van der Waals surface area contributed by atoms with Gasteiger partial charge in [0.05, 0.1) is 19.8 Å². The summed E-state index contributed by atoms with van der Waals surface area (Å²) in [5, 5.41) is 9.78. The second-order valence-corrected chi connectivity index (χ2v) is 5.64. The van der Waals surface area contributed by atoms with Crippen LogP contribution in [0.25, 0.3) is 11.1 Å². The second-order valence-electron chi connectivity index (χ2n) is 5.64. The molecule has 0 aromatic heterocycles. The van der Waals surface area contributed by atoms with Gasteiger partial charge < -0.3 is 9.84 Å². The van der Waals surface area contributed by atoms with Crippen molar-refractivity contribution >= 4 is 0 Å². The van der Waals surface area contributed by atoms with E-state index in [2.05, 4.69) is 37.3 Å². The number of fused-ring (bicyclic) bond motifs is 1. The van der Waals surface area contributed by atoms with Crippen molar-refractivity contribution < 1.29 is 9.84 Å². The normalized spacial score (nSPS) is 13.4. The van der Waals surface area contributed by atoms with Gasteiger partial charge in [-0.05, 0) is 52.3 Å². The zero-order valence-electron chi connectivity index (χ0n) is 12.6. The Morgan fingerprint density at radius 1 is 1.10 bits per heavy atom. The number of aliphatic hydroxyl groups excluding tert-OH is 1. The summed E-state index contributed by atoms with van der Waals surface area (Å²) < 4.78 is 5.72. The second kappa shape index (κ2) is 6.42. The Kier molecular flexibility index (Phi) is 4.37. The van der Waals surface area contributed by atoms with E-state index >= 15 is 0 Å². The van der Waals surface area contributed by atoms with Gasteiger partial charge in [0.2, 0.25) is 0 Å². The lowest BCUT2D eigenvalue weighted by Gasteiger charge is -2.16. The summed E-state index contributed by atoms with van der Waals surface area (Å²) in [5.74, 6) is 0. The van der Waals surface area contributed by atoms with E-state index in [0.717, 1.165) is 18.4 Å². The lowest BCUT2D eigenvalue weighted by Crippen LogP contribution is -2.03. The van der Waals surface area contributed by atoms with Crippen LogP contribution in [0.5, 0.6) is 0 Å². The van der Waals surface area contributed by atoms with E-state index in [1.54, 1.807) is 0 Å². The third-order valence-corrected chi connectivity index (χ3v) is 4.29. The van der Waals surface area contributed by atoms with Crippen LogP contribution >= 0.6 is 0 Å². The maximum atomic E-state index is 9.78. The molecule has 2 aromatic rings. The number of hydrogen-bond acceptors (Lipinski definition) is 2. The number of rotatable bonds is 5. The van der Waals surface area contributed by atoms with Crippen LogP contribution < -0.4 is 0 Å². The van der Waals surface area contributed by atoms with Crippen molar-refractivity contribution in [3.63, 3.8) is 0 Å². The average Bonchev–Trinajstić information content (AvgIpc) is 3.02. The first kappa shape index (κ1) is 14.3. The molecule has 1 aliphatic rings. The first-order valence-corrected chi connectivity index (χ1v) is 7.75. The lowest BCUT2D eigenvalue weighted by atomic mass is 9.88. The molecule has 0 fully saturated rings. The molecule has 1 N–H and O–H groups in total. The van der Waals surface area contributed by atoms with Crippen LogP contribution in [-0.2, 0) is 31.0 Å². The highest BCUT2D eigenvalue weighted by Gasteiger charge is 2.22. The average molecular weight is 282 g/mol. The Labute approximate surface area is 126 Å². The molecule has 1 aliphatic heterocycles. The van der Waals surface area contributed by atoms with Crippen LogP contribution in [0.2, 0.25) is 0 Å². The molecule has 2 heteroatoms. The van der Waals surface area contributed by atoms with Gasteiger partial charge in [-0.1, -0.05) is 43.7 Å². The van der Waals surface area contributed by atoms with E-state index in [9.17, 15) is 5.11 Å². The molecule has 0 radical (unpaired) electrons. The molecule has 3 rings (SSSR count). The van der Waals surface area contributed by atoms with E-state index in [0.29, 0.717) is 13.2 Å². The summed E-state index contributed by atoms with van der Waals surface area (Å²) in [6, 6.07) is 12.6. The van der Waals surface area contributed by atoms with Gasteiger partial charge >= 0.3 is 0 Å². The van der Waals surface area contributed by atoms with Crippen LogP contribution in [0.3, 0.4) is 0 Å². The summed E-state index contributed by atoms with van der Waals surface area (Å²) in [6.45, 7) is 3.67. The summed E-state index contributed by atoms with van der Waals surface area (Å²) in [7, 11) is 0. The first-order chi connectivity index (χ1) is 10.3. The zero-order chi connectivity index (χ0) is 14.7. The van der Waals surface area contributed by atoms with E-state index in [1.807, 2.05) is 6.07 Å². The molecule has 0 aliphatic carbocycles. The molecule has 0 saturated carbocycles. The number of ether oxygens (including phenoxy) is 1. The van der Waals surface area contributed by atoms with Gasteiger partial charge in [0.15, 0.2) is 0 Å². The Morgan fingerprint density at radius 2 is 1.86 bits per heavy atom. The van der Waals surface area contributed by atoms with Crippen LogP contribution in [0.1, 0.15) is 42.0 Å². The Balaban J connectivity index is 2.13. The Hall–Kier alpha value is -1.64. The smallest absolute Gasteiger partial charge is 0.0731 e. The van der Waals surface area contributed by atoms with Crippen LogP contribution in [0, 0.1) is 0 Å². The summed E-state index contributed by atoms with van der Waals surface area (Å²) in [5.41, 5.74) is 7.42. The summed E-state index contributed by atoms with van der Waals surface area (Å²) in [4.78, 5) is 0. The van der Waals surface area contributed by atoms with Gasteiger partial charge in [0.1, 0.15) is 0 Å². The molecule has 110 valence electrons. The van der Waals surface area contributed by atoms with Crippen molar-refractivity contribution in [2.24, 2.45) is 0 Å². The van der Waals surface area contributed by atoms with Gasteiger partial charge in [0.25, 0.3) is 0 Å². The van der Waals surface area contributed by atoms with Gasteiger partial charge in [-0.25, -0.2) is 0 Å². The fourth-order valence-corrected chi connectivity index (χ4v) is 3.16.